The third-order valence-corrected chi connectivity index (χ3v) is 5.39. The number of ether oxygens (including phenoxy) is 1. The van der Waals surface area contributed by atoms with E-state index < -0.39 is 0 Å². The van der Waals surface area contributed by atoms with Crippen molar-refractivity contribution in [1.82, 2.24) is 14.9 Å². The fraction of sp³-hybridized carbons (Fsp3) is 0.316. The Hall–Kier alpha value is -2.67. The summed E-state index contributed by atoms with van der Waals surface area (Å²) < 4.78 is 7.24. The van der Waals surface area contributed by atoms with Gasteiger partial charge in [-0.2, -0.15) is 0 Å². The summed E-state index contributed by atoms with van der Waals surface area (Å²) in [6.45, 7) is 1.51. The number of para-hydroxylation sites is 1. The van der Waals surface area contributed by atoms with Crippen LogP contribution in [0.5, 0.6) is 5.75 Å². The molecule has 26 heavy (non-hydrogen) atoms. The number of carbonyl (C=O) groups is 1. The maximum absolute atomic E-state index is 12.3. The van der Waals surface area contributed by atoms with Crippen LogP contribution in [0.4, 0.5) is 0 Å². The van der Waals surface area contributed by atoms with Gasteiger partial charge in [-0.05, 0) is 29.5 Å². The van der Waals surface area contributed by atoms with E-state index in [0.29, 0.717) is 25.1 Å². The number of aryl methyl sites for hydroxylation is 1. The summed E-state index contributed by atoms with van der Waals surface area (Å²) >= 11 is 1.44. The van der Waals surface area contributed by atoms with Crippen LogP contribution < -0.4 is 15.6 Å². The number of aromatic nitrogens is 2. The Bertz CT molecular complexity index is 995. The number of hydrogen-bond donors (Lipinski definition) is 1. The molecule has 0 bridgehead atoms. The van der Waals surface area contributed by atoms with Crippen LogP contribution in [0.3, 0.4) is 0 Å². The Morgan fingerprint density at radius 2 is 2.23 bits per heavy atom. The zero-order valence-corrected chi connectivity index (χ0v) is 15.0. The molecular formula is C19H19N3O3S. The van der Waals surface area contributed by atoms with Crippen molar-refractivity contribution in [2.24, 2.45) is 5.92 Å². The van der Waals surface area contributed by atoms with Gasteiger partial charge in [-0.15, -0.1) is 11.3 Å². The molecule has 0 spiro atoms. The molecule has 134 valence electrons. The molecule has 6 nitrogen and oxygen atoms in total. The van der Waals surface area contributed by atoms with E-state index in [-0.39, 0.29) is 23.8 Å². The minimum absolute atomic E-state index is 0.0684. The minimum Gasteiger partial charge on any atom is -0.493 e. The predicted octanol–water partition coefficient (Wildman–Crippen LogP) is 2.22. The van der Waals surface area contributed by atoms with Gasteiger partial charge in [0.15, 0.2) is 0 Å². The fourth-order valence-corrected chi connectivity index (χ4v) is 3.87. The van der Waals surface area contributed by atoms with Crippen molar-refractivity contribution >= 4 is 27.5 Å². The summed E-state index contributed by atoms with van der Waals surface area (Å²) in [7, 11) is 0. The van der Waals surface area contributed by atoms with Crippen LogP contribution >= 0.6 is 11.3 Å². The summed E-state index contributed by atoms with van der Waals surface area (Å²) in [6.07, 6.45) is 2.66. The third-order valence-electron chi connectivity index (χ3n) is 4.57. The van der Waals surface area contributed by atoms with Crippen LogP contribution in [0.15, 0.2) is 46.8 Å². The van der Waals surface area contributed by atoms with Gasteiger partial charge >= 0.3 is 0 Å². The van der Waals surface area contributed by atoms with E-state index in [1.165, 1.54) is 27.8 Å². The van der Waals surface area contributed by atoms with Crippen molar-refractivity contribution < 1.29 is 9.53 Å². The lowest BCUT2D eigenvalue weighted by atomic mass is 9.97. The maximum Gasteiger partial charge on any atom is 0.262 e. The van der Waals surface area contributed by atoms with Gasteiger partial charge in [-0.25, -0.2) is 4.98 Å². The smallest absolute Gasteiger partial charge is 0.262 e. The molecule has 1 aliphatic rings. The number of nitrogens with one attached hydrogen (secondary N) is 1. The maximum atomic E-state index is 12.3. The first kappa shape index (κ1) is 16.8. The summed E-state index contributed by atoms with van der Waals surface area (Å²) in [6, 6.07) is 9.76. The number of carbonyl (C=O) groups excluding carboxylic acids is 1. The van der Waals surface area contributed by atoms with Gasteiger partial charge in [-0.3, -0.25) is 14.2 Å². The normalized spacial score (nSPS) is 16.1. The second-order valence-corrected chi connectivity index (χ2v) is 7.32. The molecule has 0 aliphatic carbocycles. The molecule has 1 unspecified atom stereocenters. The van der Waals surface area contributed by atoms with Crippen molar-refractivity contribution in [2.45, 2.75) is 19.4 Å². The third kappa shape index (κ3) is 3.48. The summed E-state index contributed by atoms with van der Waals surface area (Å²) in [4.78, 5) is 29.4. The predicted molar refractivity (Wildman–Crippen MR) is 101 cm³/mol. The first-order chi connectivity index (χ1) is 12.7. The zero-order chi connectivity index (χ0) is 17.9. The quantitative estimate of drug-likeness (QED) is 0.748. The van der Waals surface area contributed by atoms with Crippen LogP contribution in [-0.2, 0) is 17.8 Å². The van der Waals surface area contributed by atoms with E-state index in [2.05, 4.69) is 16.4 Å². The molecule has 4 rings (SSSR count). The second kappa shape index (κ2) is 7.29. The second-order valence-electron chi connectivity index (χ2n) is 6.43. The van der Waals surface area contributed by atoms with Gasteiger partial charge < -0.3 is 10.1 Å². The van der Waals surface area contributed by atoms with Gasteiger partial charge in [0, 0.05) is 25.4 Å². The highest BCUT2D eigenvalue weighted by Gasteiger charge is 2.20. The molecule has 0 saturated heterocycles. The van der Waals surface area contributed by atoms with Gasteiger partial charge in [-0.1, -0.05) is 18.2 Å². The van der Waals surface area contributed by atoms with E-state index in [0.717, 1.165) is 17.0 Å². The number of nitrogens with zero attached hydrogens (tertiary/aromatic N) is 2. The number of fused-ring (bicyclic) bond motifs is 2. The van der Waals surface area contributed by atoms with Crippen molar-refractivity contribution in [3.8, 4) is 5.75 Å². The number of benzene rings is 1. The minimum atomic E-state index is -0.0960. The van der Waals surface area contributed by atoms with Crippen molar-refractivity contribution in [3.05, 3.63) is 58.0 Å². The first-order valence-electron chi connectivity index (χ1n) is 8.61. The topological polar surface area (TPSA) is 73.2 Å². The average molecular weight is 369 g/mol. The number of thiophene rings is 1. The molecule has 3 aromatic rings. The number of amides is 1. The monoisotopic (exact) mass is 369 g/mol. The van der Waals surface area contributed by atoms with Crippen molar-refractivity contribution in [3.63, 3.8) is 0 Å². The average Bonchev–Trinajstić information content (AvgIpc) is 3.15. The summed E-state index contributed by atoms with van der Waals surface area (Å²) in [5.74, 6) is 1.13. The summed E-state index contributed by atoms with van der Waals surface area (Å²) in [5.41, 5.74) is 1.08. The fourth-order valence-electron chi connectivity index (χ4n) is 3.14. The highest BCUT2D eigenvalue weighted by atomic mass is 32.1. The van der Waals surface area contributed by atoms with Gasteiger partial charge in [0.2, 0.25) is 5.91 Å². The Morgan fingerprint density at radius 1 is 1.35 bits per heavy atom. The SMILES string of the molecule is O=C(CCn1cnc2sccc2c1=O)NCC1COc2ccccc2C1. The van der Waals surface area contributed by atoms with Crippen LogP contribution in [0.1, 0.15) is 12.0 Å². The van der Waals surface area contributed by atoms with Gasteiger partial charge in [0.05, 0.1) is 18.3 Å². The van der Waals surface area contributed by atoms with E-state index in [1.807, 2.05) is 23.6 Å². The largest absolute Gasteiger partial charge is 0.493 e. The van der Waals surface area contributed by atoms with Gasteiger partial charge in [0.25, 0.3) is 5.56 Å². The van der Waals surface area contributed by atoms with Gasteiger partial charge in [0.1, 0.15) is 10.6 Å². The molecule has 1 atom stereocenters. The van der Waals surface area contributed by atoms with E-state index >= 15 is 0 Å². The highest BCUT2D eigenvalue weighted by molar-refractivity contribution is 7.16. The number of rotatable bonds is 5. The molecule has 1 aromatic carbocycles. The van der Waals surface area contributed by atoms with Crippen LogP contribution in [0.2, 0.25) is 0 Å². The van der Waals surface area contributed by atoms with Crippen LogP contribution in [0, 0.1) is 5.92 Å². The molecule has 0 saturated carbocycles. The molecular weight excluding hydrogens is 350 g/mol. The lowest BCUT2D eigenvalue weighted by Crippen LogP contribution is -2.35. The molecule has 1 aliphatic heterocycles. The number of hydrogen-bond acceptors (Lipinski definition) is 5. The van der Waals surface area contributed by atoms with Crippen molar-refractivity contribution in [1.29, 1.82) is 0 Å². The highest BCUT2D eigenvalue weighted by Crippen LogP contribution is 2.26. The van der Waals surface area contributed by atoms with Crippen LogP contribution in [-0.4, -0.2) is 28.6 Å². The van der Waals surface area contributed by atoms with E-state index in [9.17, 15) is 9.59 Å². The first-order valence-corrected chi connectivity index (χ1v) is 9.49. The molecule has 0 radical (unpaired) electrons. The van der Waals surface area contributed by atoms with E-state index in [1.54, 1.807) is 6.07 Å². The zero-order valence-electron chi connectivity index (χ0n) is 14.2. The Balaban J connectivity index is 1.29. The van der Waals surface area contributed by atoms with E-state index in [4.69, 9.17) is 4.74 Å². The molecule has 0 fully saturated rings. The standard InChI is InChI=1S/C19H19N3O3S/c23-17(5-7-22-12-21-18-15(19(22)24)6-8-26-18)20-10-13-9-14-3-1-2-4-16(14)25-11-13/h1-4,6,8,12-13H,5,7,9-11H2,(H,20,23). The van der Waals surface area contributed by atoms with Crippen molar-refractivity contribution in [2.75, 3.05) is 13.2 Å². The lowest BCUT2D eigenvalue weighted by molar-refractivity contribution is -0.121. The summed E-state index contributed by atoms with van der Waals surface area (Å²) in [5, 5.41) is 5.41. The van der Waals surface area contributed by atoms with Crippen LogP contribution in [0.25, 0.3) is 10.2 Å². The molecule has 2 aromatic heterocycles. The molecule has 7 heteroatoms. The molecule has 1 N–H and O–H groups in total. The Labute approximate surface area is 154 Å². The molecule has 3 heterocycles. The Morgan fingerprint density at radius 3 is 3.15 bits per heavy atom. The Kier molecular flexibility index (Phi) is 4.71. The lowest BCUT2D eigenvalue weighted by Gasteiger charge is -2.25. The molecule has 1 amide bonds.